The van der Waals surface area contributed by atoms with Crippen LogP contribution in [-0.2, 0) is 9.84 Å². The first-order valence-electron chi connectivity index (χ1n) is 6.85. The van der Waals surface area contributed by atoms with Gasteiger partial charge in [-0.3, -0.25) is 0 Å². The minimum Gasteiger partial charge on any atom is -0.322 e. The van der Waals surface area contributed by atoms with Crippen molar-refractivity contribution in [1.29, 1.82) is 0 Å². The Morgan fingerprint density at radius 1 is 1.26 bits per heavy atom. The Morgan fingerprint density at radius 2 is 2.00 bits per heavy atom. The molecular weight excluding hydrogens is 342 g/mol. The first-order chi connectivity index (χ1) is 10.9. The third kappa shape index (κ3) is 3.62. The van der Waals surface area contributed by atoms with Gasteiger partial charge in [-0.25, -0.2) is 22.9 Å². The number of hydrogen-bond donors (Lipinski definition) is 1. The highest BCUT2D eigenvalue weighted by atomic mass is 35.5. The molecule has 0 aliphatic carbocycles. The number of anilines is 1. The topological polar surface area (TPSA) is 97.2 Å². The minimum atomic E-state index is -3.04. The van der Waals surface area contributed by atoms with Gasteiger partial charge in [-0.1, -0.05) is 11.6 Å². The van der Waals surface area contributed by atoms with Gasteiger partial charge in [0.05, 0.1) is 22.9 Å². The second-order valence-electron chi connectivity index (χ2n) is 5.07. The standard InChI is InChI=1S/C13H14ClN5O3S/c14-10-1-2-12(19-9-15-8-16-19)11(7-10)17-13(20)18-3-5-23(21,22)6-4-18/h1-2,7-9H,3-6H2,(H,17,20). The Kier molecular flexibility index (Phi) is 4.22. The summed E-state index contributed by atoms with van der Waals surface area (Å²) in [5.74, 6) is -0.0439. The highest BCUT2D eigenvalue weighted by Gasteiger charge is 2.25. The molecule has 8 nitrogen and oxygen atoms in total. The minimum absolute atomic E-state index is 0.0219. The molecule has 1 fully saturated rings. The van der Waals surface area contributed by atoms with Gasteiger partial charge >= 0.3 is 6.03 Å². The van der Waals surface area contributed by atoms with Gasteiger partial charge in [-0.2, -0.15) is 5.10 Å². The second kappa shape index (κ2) is 6.17. The van der Waals surface area contributed by atoms with Crippen LogP contribution >= 0.6 is 11.6 Å². The molecule has 0 saturated carbocycles. The van der Waals surface area contributed by atoms with E-state index in [-0.39, 0.29) is 30.6 Å². The smallest absolute Gasteiger partial charge is 0.321 e. The first kappa shape index (κ1) is 15.8. The molecule has 0 unspecified atom stereocenters. The number of benzene rings is 1. The van der Waals surface area contributed by atoms with Crippen molar-refractivity contribution in [2.24, 2.45) is 0 Å². The van der Waals surface area contributed by atoms with Crippen molar-refractivity contribution in [2.75, 3.05) is 29.9 Å². The molecule has 1 aromatic carbocycles. The number of halogens is 1. The Bertz CT molecular complexity index is 808. The van der Waals surface area contributed by atoms with Crippen molar-refractivity contribution in [3.8, 4) is 5.69 Å². The third-order valence-electron chi connectivity index (χ3n) is 3.50. The highest BCUT2D eigenvalue weighted by molar-refractivity contribution is 7.91. The number of aromatic nitrogens is 3. The fraction of sp³-hybridized carbons (Fsp3) is 0.308. The molecular formula is C13H14ClN5O3S. The van der Waals surface area contributed by atoms with E-state index in [1.54, 1.807) is 18.2 Å². The lowest BCUT2D eigenvalue weighted by molar-refractivity contribution is 0.216. The van der Waals surface area contributed by atoms with E-state index < -0.39 is 9.84 Å². The molecule has 3 rings (SSSR count). The maximum absolute atomic E-state index is 12.3. The zero-order valence-electron chi connectivity index (χ0n) is 12.0. The van der Waals surface area contributed by atoms with E-state index in [0.29, 0.717) is 16.4 Å². The monoisotopic (exact) mass is 355 g/mol. The SMILES string of the molecule is O=C(Nc1cc(Cl)ccc1-n1cncn1)N1CCS(=O)(=O)CC1. The van der Waals surface area contributed by atoms with Crippen LogP contribution in [0.1, 0.15) is 0 Å². The molecule has 0 radical (unpaired) electrons. The predicted octanol–water partition coefficient (Wildman–Crippen LogP) is 1.18. The molecule has 1 aromatic heterocycles. The maximum Gasteiger partial charge on any atom is 0.321 e. The zero-order valence-corrected chi connectivity index (χ0v) is 13.6. The third-order valence-corrected chi connectivity index (χ3v) is 5.34. The lowest BCUT2D eigenvalue weighted by Gasteiger charge is -2.27. The largest absolute Gasteiger partial charge is 0.322 e. The van der Waals surface area contributed by atoms with Crippen LogP contribution < -0.4 is 5.32 Å². The summed E-state index contributed by atoms with van der Waals surface area (Å²) in [4.78, 5) is 17.7. The van der Waals surface area contributed by atoms with E-state index in [1.807, 2.05) is 0 Å². The van der Waals surface area contributed by atoms with Gasteiger partial charge in [-0.05, 0) is 18.2 Å². The molecule has 1 aliphatic heterocycles. The van der Waals surface area contributed by atoms with Crippen LogP contribution in [0.3, 0.4) is 0 Å². The molecule has 10 heteroatoms. The molecule has 23 heavy (non-hydrogen) atoms. The fourth-order valence-electron chi connectivity index (χ4n) is 2.25. The van der Waals surface area contributed by atoms with Crippen molar-refractivity contribution in [2.45, 2.75) is 0 Å². The average Bonchev–Trinajstić information content (AvgIpc) is 3.01. The fourth-order valence-corrected chi connectivity index (χ4v) is 3.62. The second-order valence-corrected chi connectivity index (χ2v) is 7.81. The van der Waals surface area contributed by atoms with Crippen LogP contribution in [0, 0.1) is 0 Å². The number of carbonyl (C=O) groups is 1. The van der Waals surface area contributed by atoms with Crippen LogP contribution in [-0.4, -0.2) is 58.7 Å². The van der Waals surface area contributed by atoms with Crippen molar-refractivity contribution < 1.29 is 13.2 Å². The highest BCUT2D eigenvalue weighted by Crippen LogP contribution is 2.24. The van der Waals surface area contributed by atoms with Crippen molar-refractivity contribution in [3.05, 3.63) is 35.9 Å². The van der Waals surface area contributed by atoms with E-state index >= 15 is 0 Å². The molecule has 0 atom stereocenters. The molecule has 0 bridgehead atoms. The van der Waals surface area contributed by atoms with Crippen LogP contribution in [0.2, 0.25) is 5.02 Å². The van der Waals surface area contributed by atoms with Gasteiger partial charge in [0.25, 0.3) is 0 Å². The lowest BCUT2D eigenvalue weighted by atomic mass is 10.2. The summed E-state index contributed by atoms with van der Waals surface area (Å²) in [5.41, 5.74) is 1.09. The first-order valence-corrected chi connectivity index (χ1v) is 9.05. The quantitative estimate of drug-likeness (QED) is 0.872. The molecule has 2 aromatic rings. The average molecular weight is 356 g/mol. The van der Waals surface area contributed by atoms with Crippen LogP contribution in [0.15, 0.2) is 30.9 Å². The van der Waals surface area contributed by atoms with Crippen molar-refractivity contribution in [1.82, 2.24) is 19.7 Å². The molecule has 1 N–H and O–H groups in total. The summed E-state index contributed by atoms with van der Waals surface area (Å²) in [5, 5.41) is 7.25. The van der Waals surface area contributed by atoms with Gasteiger partial charge in [-0.15, -0.1) is 0 Å². The molecule has 122 valence electrons. The van der Waals surface area contributed by atoms with E-state index in [9.17, 15) is 13.2 Å². The zero-order chi connectivity index (χ0) is 16.4. The number of hydrogen-bond acceptors (Lipinski definition) is 5. The summed E-state index contributed by atoms with van der Waals surface area (Å²) in [6.07, 6.45) is 2.89. The summed E-state index contributed by atoms with van der Waals surface area (Å²) in [6, 6.07) is 4.63. The van der Waals surface area contributed by atoms with Gasteiger partial charge in [0.15, 0.2) is 9.84 Å². The number of sulfone groups is 1. The van der Waals surface area contributed by atoms with Crippen molar-refractivity contribution >= 4 is 33.2 Å². The van der Waals surface area contributed by atoms with E-state index in [4.69, 9.17) is 11.6 Å². The Hall–Kier alpha value is -2.13. The number of carbonyl (C=O) groups excluding carboxylic acids is 1. The summed E-state index contributed by atoms with van der Waals surface area (Å²) in [6.45, 7) is 0.348. The molecule has 1 aliphatic rings. The van der Waals surface area contributed by atoms with E-state index in [2.05, 4.69) is 15.4 Å². The Labute approximate surface area is 138 Å². The number of urea groups is 1. The van der Waals surface area contributed by atoms with Crippen LogP contribution in [0.5, 0.6) is 0 Å². The molecule has 2 heterocycles. The van der Waals surface area contributed by atoms with E-state index in [1.165, 1.54) is 22.2 Å². The summed E-state index contributed by atoms with van der Waals surface area (Å²) < 4.78 is 24.4. The Balaban J connectivity index is 1.80. The van der Waals surface area contributed by atoms with Crippen LogP contribution in [0.25, 0.3) is 5.69 Å². The van der Waals surface area contributed by atoms with Crippen molar-refractivity contribution in [3.63, 3.8) is 0 Å². The normalized spacial score (nSPS) is 17.0. The van der Waals surface area contributed by atoms with Crippen LogP contribution in [0.4, 0.5) is 10.5 Å². The van der Waals surface area contributed by atoms with Gasteiger partial charge in [0.2, 0.25) is 0 Å². The number of amides is 2. The number of nitrogens with one attached hydrogen (secondary N) is 1. The van der Waals surface area contributed by atoms with Gasteiger partial charge in [0.1, 0.15) is 12.7 Å². The molecule has 1 saturated heterocycles. The number of nitrogens with zero attached hydrogens (tertiary/aromatic N) is 4. The maximum atomic E-state index is 12.3. The molecule has 0 spiro atoms. The van der Waals surface area contributed by atoms with Gasteiger partial charge in [0, 0.05) is 18.1 Å². The van der Waals surface area contributed by atoms with E-state index in [0.717, 1.165) is 0 Å². The summed E-state index contributed by atoms with van der Waals surface area (Å²) >= 11 is 6.00. The van der Waals surface area contributed by atoms with Gasteiger partial charge < -0.3 is 10.2 Å². The molecule has 2 amide bonds. The Morgan fingerprint density at radius 3 is 2.65 bits per heavy atom. The lowest BCUT2D eigenvalue weighted by Crippen LogP contribution is -2.45. The number of rotatable bonds is 2. The summed E-state index contributed by atoms with van der Waals surface area (Å²) in [7, 11) is -3.04. The predicted molar refractivity (Wildman–Crippen MR) is 85.6 cm³/mol.